The molecule has 31 heavy (non-hydrogen) atoms. The molecule has 1 aliphatic heterocycles. The number of nitrogens with zero attached hydrogens (tertiary/aromatic N) is 6. The molecule has 0 unspecified atom stereocenters. The molecule has 8 heteroatoms. The Morgan fingerprint density at radius 2 is 1.90 bits per heavy atom. The maximum absolute atomic E-state index is 12.7. The Morgan fingerprint density at radius 3 is 2.58 bits per heavy atom. The molecular weight excluding hydrogens is 392 g/mol. The molecule has 0 saturated carbocycles. The minimum atomic E-state index is -0.771. The predicted molar refractivity (Wildman–Crippen MR) is 113 cm³/mol. The summed E-state index contributed by atoms with van der Waals surface area (Å²) in [5.74, 6) is 0.0685. The van der Waals surface area contributed by atoms with Gasteiger partial charge in [0.05, 0.1) is 29.3 Å². The van der Waals surface area contributed by atoms with Crippen molar-refractivity contribution in [2.24, 2.45) is 0 Å². The minimum absolute atomic E-state index is 0.0685. The zero-order valence-electron chi connectivity index (χ0n) is 17.2. The third-order valence-corrected chi connectivity index (χ3v) is 5.89. The smallest absolute Gasteiger partial charge is 0.226 e. The van der Waals surface area contributed by atoms with Crippen molar-refractivity contribution in [3.05, 3.63) is 71.5 Å². The van der Waals surface area contributed by atoms with Gasteiger partial charge in [0, 0.05) is 13.1 Å². The zero-order chi connectivity index (χ0) is 21.7. The second-order valence-electron chi connectivity index (χ2n) is 8.01. The Kier molecular flexibility index (Phi) is 6.05. The van der Waals surface area contributed by atoms with E-state index in [0.717, 1.165) is 16.8 Å². The van der Waals surface area contributed by atoms with Crippen LogP contribution in [0.15, 0.2) is 54.9 Å². The lowest BCUT2D eigenvalue weighted by Crippen LogP contribution is -2.47. The third kappa shape index (κ3) is 5.13. The van der Waals surface area contributed by atoms with Gasteiger partial charge < -0.3 is 10.0 Å². The molecule has 8 nitrogen and oxygen atoms in total. The summed E-state index contributed by atoms with van der Waals surface area (Å²) in [6, 6.07) is 17.2. The summed E-state index contributed by atoms with van der Waals surface area (Å²) in [5, 5.41) is 31.1. The highest BCUT2D eigenvalue weighted by Crippen LogP contribution is 2.28. The Bertz CT molecular complexity index is 1060. The number of aryl methyl sites for hydroxylation is 1. The molecule has 0 radical (unpaired) electrons. The van der Waals surface area contributed by atoms with Gasteiger partial charge in [0.25, 0.3) is 0 Å². The van der Waals surface area contributed by atoms with E-state index in [0.29, 0.717) is 50.8 Å². The van der Waals surface area contributed by atoms with E-state index in [1.54, 1.807) is 10.7 Å². The molecule has 2 heterocycles. The predicted octanol–water partition coefficient (Wildman–Crippen LogP) is 2.06. The number of piperidine rings is 1. The Hall–Kier alpha value is -3.57. The molecule has 1 amide bonds. The van der Waals surface area contributed by atoms with Crippen LogP contribution in [0.25, 0.3) is 5.69 Å². The molecule has 158 valence electrons. The molecule has 4 rings (SSSR count). The van der Waals surface area contributed by atoms with E-state index in [-0.39, 0.29) is 5.91 Å². The first kappa shape index (κ1) is 20.7. The fraction of sp³-hybridized carbons (Fsp3) is 0.348. The summed E-state index contributed by atoms with van der Waals surface area (Å²) >= 11 is 0. The fourth-order valence-corrected chi connectivity index (χ4v) is 3.93. The van der Waals surface area contributed by atoms with E-state index in [2.05, 4.69) is 21.6 Å². The molecule has 1 fully saturated rings. The van der Waals surface area contributed by atoms with Gasteiger partial charge in [-0.1, -0.05) is 24.3 Å². The molecule has 1 aliphatic rings. The van der Waals surface area contributed by atoms with Gasteiger partial charge in [0.2, 0.25) is 5.91 Å². The first-order valence-electron chi connectivity index (χ1n) is 10.4. The fourth-order valence-electron chi connectivity index (χ4n) is 3.93. The lowest BCUT2D eigenvalue weighted by molar-refractivity contribution is -0.134. The van der Waals surface area contributed by atoms with Crippen molar-refractivity contribution in [3.8, 4) is 11.8 Å². The van der Waals surface area contributed by atoms with Gasteiger partial charge in [0.15, 0.2) is 0 Å². The Balaban J connectivity index is 1.27. The summed E-state index contributed by atoms with van der Waals surface area (Å²) in [4.78, 5) is 14.6. The lowest BCUT2D eigenvalue weighted by atomic mass is 9.85. The van der Waals surface area contributed by atoms with Crippen molar-refractivity contribution in [3.63, 3.8) is 0 Å². The van der Waals surface area contributed by atoms with Crippen molar-refractivity contribution >= 4 is 5.91 Å². The van der Waals surface area contributed by atoms with E-state index in [9.17, 15) is 9.90 Å². The van der Waals surface area contributed by atoms with Crippen LogP contribution in [0.3, 0.4) is 0 Å². The second-order valence-corrected chi connectivity index (χ2v) is 8.01. The number of carbonyl (C=O) groups is 1. The highest BCUT2D eigenvalue weighted by Gasteiger charge is 2.33. The standard InChI is InChI=1S/C23H24N6O2/c24-16-20-3-1-2-18(14-20)8-9-23(31)10-12-28(13-11-23)22(30)15-19-4-6-21(7-5-19)29-17-25-26-27-29/h1-7,14,17,31H,8-13,15H2. The monoisotopic (exact) mass is 416 g/mol. The number of likely N-dealkylation sites (tertiary alicyclic amines) is 1. The van der Waals surface area contributed by atoms with E-state index in [4.69, 9.17) is 5.26 Å². The first-order chi connectivity index (χ1) is 15.0. The van der Waals surface area contributed by atoms with Crippen LogP contribution in [0, 0.1) is 11.3 Å². The molecule has 3 aromatic rings. The van der Waals surface area contributed by atoms with Gasteiger partial charge in [-0.3, -0.25) is 4.79 Å². The molecule has 0 bridgehead atoms. The number of rotatable bonds is 6. The van der Waals surface area contributed by atoms with Crippen molar-refractivity contribution in [2.75, 3.05) is 13.1 Å². The normalized spacial score (nSPS) is 15.4. The van der Waals surface area contributed by atoms with Crippen molar-refractivity contribution in [1.82, 2.24) is 25.1 Å². The molecule has 0 spiro atoms. The summed E-state index contributed by atoms with van der Waals surface area (Å²) in [6.45, 7) is 1.10. The minimum Gasteiger partial charge on any atom is -0.390 e. The van der Waals surface area contributed by atoms with Crippen LogP contribution in [0.4, 0.5) is 0 Å². The van der Waals surface area contributed by atoms with Crippen LogP contribution in [0.2, 0.25) is 0 Å². The van der Waals surface area contributed by atoms with Crippen LogP contribution in [0.5, 0.6) is 0 Å². The number of aromatic nitrogens is 4. The van der Waals surface area contributed by atoms with Gasteiger partial charge in [-0.15, -0.1) is 5.10 Å². The number of nitriles is 1. The largest absolute Gasteiger partial charge is 0.390 e. The maximum Gasteiger partial charge on any atom is 0.226 e. The lowest BCUT2D eigenvalue weighted by Gasteiger charge is -2.38. The van der Waals surface area contributed by atoms with Gasteiger partial charge in [-0.2, -0.15) is 5.26 Å². The average molecular weight is 416 g/mol. The van der Waals surface area contributed by atoms with Crippen LogP contribution in [-0.4, -0.2) is 54.8 Å². The van der Waals surface area contributed by atoms with E-state index in [1.807, 2.05) is 47.4 Å². The molecule has 0 aliphatic carbocycles. The summed E-state index contributed by atoms with van der Waals surface area (Å²) in [7, 11) is 0. The highest BCUT2D eigenvalue weighted by atomic mass is 16.3. The molecule has 1 saturated heterocycles. The zero-order valence-corrected chi connectivity index (χ0v) is 17.2. The van der Waals surface area contributed by atoms with Crippen molar-refractivity contribution in [2.45, 2.75) is 37.7 Å². The van der Waals surface area contributed by atoms with Gasteiger partial charge in [0.1, 0.15) is 6.33 Å². The molecule has 1 aromatic heterocycles. The SMILES string of the molecule is N#Cc1cccc(CCC2(O)CCN(C(=O)Cc3ccc(-n4cnnn4)cc3)CC2)c1. The molecule has 1 N–H and O–H groups in total. The summed E-state index contributed by atoms with van der Waals surface area (Å²) < 4.78 is 1.56. The van der Waals surface area contributed by atoms with Gasteiger partial charge >= 0.3 is 0 Å². The van der Waals surface area contributed by atoms with Crippen LogP contribution in [-0.2, 0) is 17.6 Å². The number of benzene rings is 2. The Labute approximate surface area is 180 Å². The molecule has 2 aromatic carbocycles. The van der Waals surface area contributed by atoms with Crippen molar-refractivity contribution in [1.29, 1.82) is 5.26 Å². The number of tetrazole rings is 1. The first-order valence-corrected chi connectivity index (χ1v) is 10.4. The Morgan fingerprint density at radius 1 is 1.13 bits per heavy atom. The topological polar surface area (TPSA) is 108 Å². The molecule has 0 atom stereocenters. The number of hydrogen-bond donors (Lipinski definition) is 1. The number of carbonyl (C=O) groups excluding carboxylic acids is 1. The van der Waals surface area contributed by atoms with Gasteiger partial charge in [-0.05, 0) is 71.5 Å². The van der Waals surface area contributed by atoms with Crippen molar-refractivity contribution < 1.29 is 9.90 Å². The summed E-state index contributed by atoms with van der Waals surface area (Å²) in [6.07, 6.45) is 4.32. The van der Waals surface area contributed by atoms with E-state index in [1.165, 1.54) is 6.33 Å². The third-order valence-electron chi connectivity index (χ3n) is 5.89. The number of hydrogen-bond acceptors (Lipinski definition) is 6. The second kappa shape index (κ2) is 9.06. The van der Waals surface area contributed by atoms with Crippen LogP contribution < -0.4 is 0 Å². The average Bonchev–Trinajstić information content (AvgIpc) is 3.34. The highest BCUT2D eigenvalue weighted by molar-refractivity contribution is 5.79. The van der Waals surface area contributed by atoms with Gasteiger partial charge in [-0.25, -0.2) is 4.68 Å². The maximum atomic E-state index is 12.7. The van der Waals surface area contributed by atoms with E-state index < -0.39 is 5.60 Å². The van der Waals surface area contributed by atoms with Crippen LogP contribution >= 0.6 is 0 Å². The van der Waals surface area contributed by atoms with E-state index >= 15 is 0 Å². The number of aliphatic hydroxyl groups is 1. The molecular formula is C23H24N6O2. The number of amides is 1. The van der Waals surface area contributed by atoms with Crippen LogP contribution in [0.1, 0.15) is 36.0 Å². The summed E-state index contributed by atoms with van der Waals surface area (Å²) in [5.41, 5.74) is 2.68. The quantitative estimate of drug-likeness (QED) is 0.659.